The highest BCUT2D eigenvalue weighted by atomic mass is 16.5. The molecule has 2 aliphatic carbocycles. The molecule has 2 aliphatic rings. The van der Waals surface area contributed by atoms with Crippen molar-refractivity contribution in [1.29, 1.82) is 0 Å². The molecule has 2 nitrogen and oxygen atoms in total. The summed E-state index contributed by atoms with van der Waals surface area (Å²) in [6.45, 7) is 6.26. The molecule has 0 aliphatic heterocycles. The fourth-order valence-corrected chi connectivity index (χ4v) is 3.30. The first-order valence-corrected chi connectivity index (χ1v) is 8.18. The second kappa shape index (κ2) is 6.17. The molecule has 0 aromatic heterocycles. The summed E-state index contributed by atoms with van der Waals surface area (Å²) < 4.78 is 6.12. The van der Waals surface area contributed by atoms with E-state index in [1.165, 1.54) is 55.2 Å². The lowest BCUT2D eigenvalue weighted by molar-refractivity contribution is 0.249. The average molecular weight is 273 g/mol. The van der Waals surface area contributed by atoms with Crippen molar-refractivity contribution in [2.75, 3.05) is 6.61 Å². The van der Waals surface area contributed by atoms with E-state index in [0.717, 1.165) is 30.9 Å². The maximum Gasteiger partial charge on any atom is 0.125 e. The van der Waals surface area contributed by atoms with Gasteiger partial charge in [0.05, 0.1) is 6.61 Å². The van der Waals surface area contributed by atoms with E-state index in [4.69, 9.17) is 4.74 Å². The van der Waals surface area contributed by atoms with Gasteiger partial charge in [-0.05, 0) is 62.1 Å². The van der Waals surface area contributed by atoms with Crippen molar-refractivity contribution in [2.24, 2.45) is 5.92 Å². The van der Waals surface area contributed by atoms with Crippen LogP contribution in [-0.4, -0.2) is 12.6 Å². The summed E-state index contributed by atoms with van der Waals surface area (Å²) in [5, 5.41) is 3.58. The quantitative estimate of drug-likeness (QED) is 0.841. The zero-order chi connectivity index (χ0) is 13.9. The highest BCUT2D eigenvalue weighted by Gasteiger charge is 2.20. The molecule has 2 heteroatoms. The summed E-state index contributed by atoms with van der Waals surface area (Å²) in [6, 6.07) is 5.34. The molecule has 3 rings (SSSR count). The normalized spacial score (nSPS) is 19.5. The second-order valence-electron chi connectivity index (χ2n) is 6.68. The first kappa shape index (κ1) is 13.9. The van der Waals surface area contributed by atoms with Gasteiger partial charge in [0.25, 0.3) is 0 Å². The Kier molecular flexibility index (Phi) is 4.30. The lowest BCUT2D eigenvalue weighted by atomic mass is 10.1. The third-order valence-electron chi connectivity index (χ3n) is 4.63. The molecule has 110 valence electrons. The smallest absolute Gasteiger partial charge is 0.125 e. The third kappa shape index (κ3) is 3.54. The van der Waals surface area contributed by atoms with Crippen molar-refractivity contribution in [1.82, 2.24) is 5.32 Å². The molecule has 0 unspecified atom stereocenters. The van der Waals surface area contributed by atoms with Crippen LogP contribution in [0.15, 0.2) is 12.1 Å². The minimum atomic E-state index is 0.772. The van der Waals surface area contributed by atoms with Crippen LogP contribution in [-0.2, 0) is 6.54 Å². The number of hydrogen-bond acceptors (Lipinski definition) is 2. The number of aryl methyl sites for hydroxylation is 2. The molecular weight excluding hydrogens is 246 g/mol. The van der Waals surface area contributed by atoms with E-state index in [0.29, 0.717) is 0 Å². The number of nitrogens with one attached hydrogen (secondary N) is 1. The summed E-state index contributed by atoms with van der Waals surface area (Å²) in [7, 11) is 0. The van der Waals surface area contributed by atoms with Crippen LogP contribution in [0.4, 0.5) is 0 Å². The first-order chi connectivity index (χ1) is 9.72. The topological polar surface area (TPSA) is 21.3 Å². The zero-order valence-electron chi connectivity index (χ0n) is 12.9. The van der Waals surface area contributed by atoms with Gasteiger partial charge in [-0.25, -0.2) is 0 Å². The van der Waals surface area contributed by atoms with Gasteiger partial charge in [-0.2, -0.15) is 0 Å². The van der Waals surface area contributed by atoms with Gasteiger partial charge in [-0.3, -0.25) is 0 Å². The lowest BCUT2D eigenvalue weighted by Crippen LogP contribution is -2.16. The molecule has 0 atom stereocenters. The molecule has 20 heavy (non-hydrogen) atoms. The molecule has 0 bridgehead atoms. The van der Waals surface area contributed by atoms with Gasteiger partial charge >= 0.3 is 0 Å². The Labute approximate surface area is 122 Å². The fourth-order valence-electron chi connectivity index (χ4n) is 3.30. The molecule has 2 saturated carbocycles. The second-order valence-corrected chi connectivity index (χ2v) is 6.68. The summed E-state index contributed by atoms with van der Waals surface area (Å²) in [5.74, 6) is 1.90. The Morgan fingerprint density at radius 2 is 1.70 bits per heavy atom. The van der Waals surface area contributed by atoms with Gasteiger partial charge < -0.3 is 10.1 Å². The van der Waals surface area contributed by atoms with Gasteiger partial charge in [0.1, 0.15) is 5.75 Å². The molecule has 0 radical (unpaired) electrons. The maximum atomic E-state index is 6.12. The van der Waals surface area contributed by atoms with Crippen molar-refractivity contribution in [3.63, 3.8) is 0 Å². The molecule has 1 aromatic carbocycles. The van der Waals surface area contributed by atoms with Crippen LogP contribution in [0, 0.1) is 19.8 Å². The summed E-state index contributed by atoms with van der Waals surface area (Å²) >= 11 is 0. The van der Waals surface area contributed by atoms with Gasteiger partial charge in [0.2, 0.25) is 0 Å². The molecular formula is C18H27NO. The monoisotopic (exact) mass is 273 g/mol. The zero-order valence-corrected chi connectivity index (χ0v) is 12.9. The molecule has 0 heterocycles. The Hall–Kier alpha value is -1.02. The maximum absolute atomic E-state index is 6.12. The van der Waals surface area contributed by atoms with Gasteiger partial charge in [-0.15, -0.1) is 0 Å². The highest BCUT2D eigenvalue weighted by Crippen LogP contribution is 2.29. The van der Waals surface area contributed by atoms with Crippen LogP contribution in [0.25, 0.3) is 0 Å². The Bertz CT molecular complexity index is 435. The van der Waals surface area contributed by atoms with Crippen LogP contribution >= 0.6 is 0 Å². The largest absolute Gasteiger partial charge is 0.493 e. The molecule has 0 saturated heterocycles. The van der Waals surface area contributed by atoms with Crippen molar-refractivity contribution >= 4 is 0 Å². The van der Waals surface area contributed by atoms with Crippen molar-refractivity contribution < 1.29 is 4.74 Å². The minimum Gasteiger partial charge on any atom is -0.493 e. The van der Waals surface area contributed by atoms with E-state index >= 15 is 0 Å². The molecule has 1 aromatic rings. The highest BCUT2D eigenvalue weighted by molar-refractivity contribution is 5.43. The van der Waals surface area contributed by atoms with Crippen LogP contribution in [0.1, 0.15) is 55.2 Å². The summed E-state index contributed by atoms with van der Waals surface area (Å²) in [6.07, 6.45) is 8.17. The van der Waals surface area contributed by atoms with Gasteiger partial charge in [-0.1, -0.05) is 25.0 Å². The predicted octanol–water partition coefficient (Wildman–Crippen LogP) is 4.12. The Morgan fingerprint density at radius 1 is 1.05 bits per heavy atom. The standard InChI is InChI=1S/C18H27NO/c1-13-9-16(11-19-17-7-8-17)10-14(2)18(13)20-12-15-5-3-4-6-15/h9-10,15,17,19H,3-8,11-12H2,1-2H3. The number of hydrogen-bond donors (Lipinski definition) is 1. The predicted molar refractivity (Wildman–Crippen MR) is 83.2 cm³/mol. The van der Waals surface area contributed by atoms with Gasteiger partial charge in [0.15, 0.2) is 0 Å². The summed E-state index contributed by atoms with van der Waals surface area (Å²) in [5.41, 5.74) is 3.96. The fraction of sp³-hybridized carbons (Fsp3) is 0.667. The third-order valence-corrected chi connectivity index (χ3v) is 4.63. The van der Waals surface area contributed by atoms with Crippen LogP contribution in [0.2, 0.25) is 0 Å². The Balaban J connectivity index is 1.60. The van der Waals surface area contributed by atoms with E-state index in [1.807, 2.05) is 0 Å². The van der Waals surface area contributed by atoms with E-state index < -0.39 is 0 Å². The van der Waals surface area contributed by atoms with Crippen molar-refractivity contribution in [2.45, 2.75) is 65.0 Å². The van der Waals surface area contributed by atoms with E-state index in [2.05, 4.69) is 31.3 Å². The van der Waals surface area contributed by atoms with E-state index in [-0.39, 0.29) is 0 Å². The van der Waals surface area contributed by atoms with Crippen LogP contribution in [0.5, 0.6) is 5.75 Å². The van der Waals surface area contributed by atoms with Gasteiger partial charge in [0, 0.05) is 12.6 Å². The minimum absolute atomic E-state index is 0.772. The lowest BCUT2D eigenvalue weighted by Gasteiger charge is -2.17. The van der Waals surface area contributed by atoms with E-state index in [1.54, 1.807) is 0 Å². The SMILES string of the molecule is Cc1cc(CNC2CC2)cc(C)c1OCC1CCCC1. The average Bonchev–Trinajstić information content (AvgIpc) is 3.10. The molecule has 2 fully saturated rings. The summed E-state index contributed by atoms with van der Waals surface area (Å²) in [4.78, 5) is 0. The van der Waals surface area contributed by atoms with Crippen molar-refractivity contribution in [3.8, 4) is 5.75 Å². The molecule has 0 amide bonds. The number of rotatable bonds is 6. The first-order valence-electron chi connectivity index (χ1n) is 8.18. The number of benzene rings is 1. The van der Waals surface area contributed by atoms with E-state index in [9.17, 15) is 0 Å². The van der Waals surface area contributed by atoms with Crippen LogP contribution < -0.4 is 10.1 Å². The molecule has 1 N–H and O–H groups in total. The van der Waals surface area contributed by atoms with Crippen molar-refractivity contribution in [3.05, 3.63) is 28.8 Å². The molecule has 0 spiro atoms. The van der Waals surface area contributed by atoms with Crippen LogP contribution in [0.3, 0.4) is 0 Å². The Morgan fingerprint density at radius 3 is 2.30 bits per heavy atom. The number of ether oxygens (including phenoxy) is 1.